The summed E-state index contributed by atoms with van der Waals surface area (Å²) in [5.41, 5.74) is 2.39. The lowest BCUT2D eigenvalue weighted by Crippen LogP contribution is -2.68. The highest BCUT2D eigenvalue weighted by molar-refractivity contribution is 8.03. The molecule has 2 aromatic rings. The molecule has 2 aromatic carbocycles. The molecule has 0 unspecified atom stereocenters. The van der Waals surface area contributed by atoms with Crippen LogP contribution in [0, 0.1) is 11.8 Å². The molecule has 4 aliphatic rings. The summed E-state index contributed by atoms with van der Waals surface area (Å²) < 4.78 is 4.16. The van der Waals surface area contributed by atoms with Gasteiger partial charge >= 0.3 is 5.97 Å². The van der Waals surface area contributed by atoms with E-state index >= 15 is 0 Å². The highest BCUT2D eigenvalue weighted by atomic mass is 32.2. The van der Waals surface area contributed by atoms with Crippen molar-refractivity contribution in [2.24, 2.45) is 11.8 Å². The second-order valence-electron chi connectivity index (χ2n) is 9.82. The minimum atomic E-state index is -1.31. The number of nitrogens with zero attached hydrogens (tertiary/aromatic N) is 3. The Morgan fingerprint density at radius 3 is 2.16 bits per heavy atom. The second kappa shape index (κ2) is 7.95. The third kappa shape index (κ3) is 2.70. The molecule has 0 N–H and O–H groups in total. The average Bonchev–Trinajstić information content (AvgIpc) is 3.46. The van der Waals surface area contributed by atoms with Crippen molar-refractivity contribution < 1.29 is 23.9 Å². The van der Waals surface area contributed by atoms with E-state index in [0.717, 1.165) is 10.5 Å². The average molecular weight is 518 g/mol. The van der Waals surface area contributed by atoms with Crippen LogP contribution in [0.25, 0.3) is 0 Å². The van der Waals surface area contributed by atoms with Crippen LogP contribution in [0.5, 0.6) is 0 Å². The van der Waals surface area contributed by atoms with Gasteiger partial charge in [-0.25, -0.2) is 4.79 Å². The number of ether oxygens (including phenoxy) is 1. The van der Waals surface area contributed by atoms with Crippen LogP contribution in [0.4, 0.5) is 0 Å². The third-order valence-electron chi connectivity index (χ3n) is 8.28. The molecular weight excluding hydrogens is 490 g/mol. The number of likely N-dealkylation sites (tertiary alicyclic amines) is 1. The van der Waals surface area contributed by atoms with Crippen LogP contribution in [0.15, 0.2) is 71.9 Å². The molecular formula is C28H27N3O5S. The van der Waals surface area contributed by atoms with Gasteiger partial charge in [0.15, 0.2) is 4.99 Å². The summed E-state index contributed by atoms with van der Waals surface area (Å²) in [4.78, 5) is 59.0. The Bertz CT molecular complexity index is 1380. The van der Waals surface area contributed by atoms with E-state index in [2.05, 4.69) is 0 Å². The number of piperidine rings is 1. The van der Waals surface area contributed by atoms with E-state index < -0.39 is 33.6 Å². The van der Waals surface area contributed by atoms with Gasteiger partial charge in [0, 0.05) is 19.8 Å². The number of carbonyl (C=O) groups is 4. The lowest BCUT2D eigenvalue weighted by molar-refractivity contribution is -0.163. The summed E-state index contributed by atoms with van der Waals surface area (Å²) in [5.74, 6) is -3.11. The Hall–Kier alpha value is -3.59. The van der Waals surface area contributed by atoms with Gasteiger partial charge in [0.05, 0.1) is 24.1 Å². The molecule has 5 atom stereocenters. The molecule has 4 aliphatic heterocycles. The van der Waals surface area contributed by atoms with Crippen LogP contribution >= 0.6 is 11.8 Å². The Kier molecular flexibility index (Phi) is 5.11. The standard InChI is InChI=1S/C28H27N3O5S/c1-5-36-25(34)19-16(2)30(4)28-21-20(23(32)29(3)24(21)33)27(37-28,18-14-10-7-11-15-18)26(35)31(28)22(19)17-12-8-6-9-13-17/h6-15,20-22H,5H2,1-4H3/t20-,21+,22-,27+,28+/m1/s1. The number of amides is 3. The second-order valence-corrected chi connectivity index (χ2v) is 11.3. The first-order chi connectivity index (χ1) is 17.7. The quantitative estimate of drug-likeness (QED) is 0.455. The fourth-order valence-electron chi connectivity index (χ4n) is 6.62. The van der Waals surface area contributed by atoms with Crippen molar-refractivity contribution in [1.29, 1.82) is 0 Å². The van der Waals surface area contributed by atoms with Gasteiger partial charge in [-0.05, 0) is 25.0 Å². The van der Waals surface area contributed by atoms with Crippen molar-refractivity contribution >= 4 is 35.5 Å². The molecule has 4 heterocycles. The number of imide groups is 1. The van der Waals surface area contributed by atoms with Gasteiger partial charge in [-0.15, -0.1) is 0 Å². The third-order valence-corrected chi connectivity index (χ3v) is 10.3. The monoisotopic (exact) mass is 517 g/mol. The zero-order chi connectivity index (χ0) is 26.3. The van der Waals surface area contributed by atoms with Crippen molar-refractivity contribution in [2.45, 2.75) is 29.6 Å². The summed E-state index contributed by atoms with van der Waals surface area (Å²) in [6.07, 6.45) is 0. The molecule has 3 amide bonds. The molecule has 0 radical (unpaired) electrons. The maximum atomic E-state index is 14.8. The van der Waals surface area contributed by atoms with E-state index in [9.17, 15) is 19.2 Å². The van der Waals surface area contributed by atoms with Crippen LogP contribution < -0.4 is 0 Å². The van der Waals surface area contributed by atoms with Crippen molar-refractivity contribution in [3.05, 3.63) is 83.1 Å². The van der Waals surface area contributed by atoms with E-state index in [4.69, 9.17) is 4.74 Å². The molecule has 0 saturated carbocycles. The first-order valence-electron chi connectivity index (χ1n) is 12.3. The fourth-order valence-corrected chi connectivity index (χ4v) is 8.82. The highest BCUT2D eigenvalue weighted by Gasteiger charge is 2.84. The van der Waals surface area contributed by atoms with Gasteiger partial charge in [0.2, 0.25) is 17.7 Å². The largest absolute Gasteiger partial charge is 0.463 e. The van der Waals surface area contributed by atoms with Crippen LogP contribution in [0.3, 0.4) is 0 Å². The number of hydrogen-bond donors (Lipinski definition) is 0. The van der Waals surface area contributed by atoms with Gasteiger partial charge < -0.3 is 9.64 Å². The zero-order valence-electron chi connectivity index (χ0n) is 21.0. The molecule has 8 nitrogen and oxygen atoms in total. The SMILES string of the molecule is CCOC(=O)C1=C(C)N(C)[C@]23S[C@](c4ccccc4)(C(=O)N2[C@@H]1c1ccccc1)[C@H]1C(=O)N(C)C(=O)[C@H]13. The maximum absolute atomic E-state index is 14.8. The first-order valence-corrected chi connectivity index (χ1v) is 13.1. The molecule has 37 heavy (non-hydrogen) atoms. The topological polar surface area (TPSA) is 87.2 Å². The minimum absolute atomic E-state index is 0.186. The summed E-state index contributed by atoms with van der Waals surface area (Å²) in [6, 6.07) is 17.8. The maximum Gasteiger partial charge on any atom is 0.338 e. The van der Waals surface area contributed by atoms with Crippen molar-refractivity contribution in [3.8, 4) is 0 Å². The van der Waals surface area contributed by atoms with E-state index in [-0.39, 0.29) is 24.3 Å². The number of allylic oxidation sites excluding steroid dienone is 1. The van der Waals surface area contributed by atoms with E-state index in [1.165, 1.54) is 18.8 Å². The minimum Gasteiger partial charge on any atom is -0.463 e. The predicted octanol–water partition coefficient (Wildman–Crippen LogP) is 2.88. The molecule has 1 spiro atoms. The van der Waals surface area contributed by atoms with Crippen molar-refractivity contribution in [3.63, 3.8) is 0 Å². The molecule has 0 aliphatic carbocycles. The normalized spacial score (nSPS) is 32.3. The fraction of sp³-hybridized carbons (Fsp3) is 0.357. The summed E-state index contributed by atoms with van der Waals surface area (Å²) in [6.45, 7) is 3.75. The van der Waals surface area contributed by atoms with Gasteiger partial charge in [0.1, 0.15) is 10.7 Å². The van der Waals surface area contributed by atoms with E-state index in [1.54, 1.807) is 18.9 Å². The van der Waals surface area contributed by atoms with Crippen LogP contribution in [-0.4, -0.2) is 64.1 Å². The van der Waals surface area contributed by atoms with Crippen LogP contribution in [0.1, 0.15) is 31.0 Å². The Balaban J connectivity index is 1.68. The first kappa shape index (κ1) is 23.8. The molecule has 0 aromatic heterocycles. The van der Waals surface area contributed by atoms with Gasteiger partial charge in [-0.3, -0.25) is 24.2 Å². The highest BCUT2D eigenvalue weighted by Crippen LogP contribution is 2.75. The lowest BCUT2D eigenvalue weighted by Gasteiger charge is -2.55. The van der Waals surface area contributed by atoms with Crippen LogP contribution in [-0.2, 0) is 28.7 Å². The molecule has 3 saturated heterocycles. The number of thioether (sulfide) groups is 1. The zero-order valence-corrected chi connectivity index (χ0v) is 21.8. The van der Waals surface area contributed by atoms with Crippen molar-refractivity contribution in [2.75, 3.05) is 20.7 Å². The lowest BCUT2D eigenvalue weighted by atomic mass is 9.71. The number of carbonyl (C=O) groups excluding carboxylic acids is 4. The number of rotatable bonds is 4. The Morgan fingerprint density at radius 1 is 0.946 bits per heavy atom. The van der Waals surface area contributed by atoms with Crippen molar-refractivity contribution in [1.82, 2.24) is 14.7 Å². The number of esters is 1. The van der Waals surface area contributed by atoms with Gasteiger partial charge in [-0.2, -0.15) is 0 Å². The van der Waals surface area contributed by atoms with E-state index in [1.807, 2.05) is 72.5 Å². The van der Waals surface area contributed by atoms with E-state index in [0.29, 0.717) is 16.8 Å². The molecule has 190 valence electrons. The Morgan fingerprint density at radius 2 is 1.54 bits per heavy atom. The number of hydrogen-bond acceptors (Lipinski definition) is 7. The number of benzene rings is 2. The summed E-state index contributed by atoms with van der Waals surface area (Å²) in [5, 5.41) is 0. The molecule has 3 fully saturated rings. The smallest absolute Gasteiger partial charge is 0.338 e. The number of fused-ring (bicyclic) bond motifs is 3. The van der Waals surface area contributed by atoms with Gasteiger partial charge in [0.25, 0.3) is 0 Å². The molecule has 2 bridgehead atoms. The van der Waals surface area contributed by atoms with Crippen LogP contribution in [0.2, 0.25) is 0 Å². The summed E-state index contributed by atoms with van der Waals surface area (Å²) in [7, 11) is 3.28. The summed E-state index contributed by atoms with van der Waals surface area (Å²) >= 11 is 1.36. The molecule has 9 heteroatoms. The van der Waals surface area contributed by atoms with Gasteiger partial charge in [-0.1, -0.05) is 72.4 Å². The predicted molar refractivity (Wildman–Crippen MR) is 136 cm³/mol. The Labute approximate surface area is 219 Å². The molecule has 6 rings (SSSR count).